The molecule has 0 radical (unpaired) electrons. The third-order valence-corrected chi connectivity index (χ3v) is 6.37. The molecular weight excluding hydrogens is 499 g/mol. The van der Waals surface area contributed by atoms with Gasteiger partial charge in [0.15, 0.2) is 0 Å². The summed E-state index contributed by atoms with van der Waals surface area (Å²) in [6.45, 7) is 2.05. The molecule has 1 aromatic heterocycles. The Morgan fingerprint density at radius 2 is 1.82 bits per heavy atom. The van der Waals surface area contributed by atoms with E-state index in [1.54, 1.807) is 25.1 Å². The number of alkyl halides is 3. The SMILES string of the molecule is CNC(=O)c1cc(NC(=O)N(C)c2cc(C(=O)N3CCCc4ccc(C(F)(F)F)cc43)ccc2C)ccn1. The molecule has 0 unspecified atom stereocenters. The van der Waals surface area contributed by atoms with Crippen molar-refractivity contribution >= 4 is 34.9 Å². The summed E-state index contributed by atoms with van der Waals surface area (Å²) >= 11 is 0. The standard InChI is InChI=1S/C27H26F3N5O3/c1-16-6-7-18(25(37)35-12-4-5-17-8-9-19(14-23(17)35)27(28,29)30)13-22(16)34(3)26(38)33-20-10-11-32-21(15-20)24(36)31-2/h6-11,13-15H,4-5,12H2,1-3H3,(H,31,36)(H,32,33,38). The van der Waals surface area contributed by atoms with E-state index in [9.17, 15) is 27.6 Å². The van der Waals surface area contributed by atoms with E-state index >= 15 is 0 Å². The first-order valence-corrected chi connectivity index (χ1v) is 11.8. The fourth-order valence-corrected chi connectivity index (χ4v) is 4.30. The Morgan fingerprint density at radius 3 is 2.53 bits per heavy atom. The Bertz CT molecular complexity index is 1410. The van der Waals surface area contributed by atoms with Gasteiger partial charge in [0.25, 0.3) is 11.8 Å². The molecule has 8 nitrogen and oxygen atoms in total. The van der Waals surface area contributed by atoms with Gasteiger partial charge >= 0.3 is 12.2 Å². The van der Waals surface area contributed by atoms with E-state index in [0.29, 0.717) is 35.3 Å². The summed E-state index contributed by atoms with van der Waals surface area (Å²) in [6, 6.07) is 10.7. The minimum atomic E-state index is -4.52. The zero-order chi connectivity index (χ0) is 27.6. The van der Waals surface area contributed by atoms with Crippen molar-refractivity contribution in [3.05, 3.63) is 82.7 Å². The highest BCUT2D eigenvalue weighted by Gasteiger charge is 2.33. The summed E-state index contributed by atoms with van der Waals surface area (Å²) in [6.07, 6.45) is -1.93. The lowest BCUT2D eigenvalue weighted by molar-refractivity contribution is -0.137. The quantitative estimate of drug-likeness (QED) is 0.500. The molecule has 3 aromatic rings. The number of amides is 4. The largest absolute Gasteiger partial charge is 0.416 e. The van der Waals surface area contributed by atoms with Gasteiger partial charge in [-0.1, -0.05) is 12.1 Å². The Kier molecular flexibility index (Phi) is 7.38. The normalized spacial score (nSPS) is 12.9. The predicted octanol–water partition coefficient (Wildman–Crippen LogP) is 5.03. The molecule has 2 N–H and O–H groups in total. The van der Waals surface area contributed by atoms with Crippen LogP contribution in [0.4, 0.5) is 35.0 Å². The minimum absolute atomic E-state index is 0.132. The maximum Gasteiger partial charge on any atom is 0.416 e. The van der Waals surface area contributed by atoms with Gasteiger partial charge < -0.3 is 15.5 Å². The van der Waals surface area contributed by atoms with Crippen LogP contribution in [0.25, 0.3) is 0 Å². The van der Waals surface area contributed by atoms with E-state index in [1.807, 2.05) is 0 Å². The van der Waals surface area contributed by atoms with Crippen LogP contribution in [0.15, 0.2) is 54.7 Å². The van der Waals surface area contributed by atoms with E-state index in [4.69, 9.17) is 0 Å². The summed E-state index contributed by atoms with van der Waals surface area (Å²) < 4.78 is 40.0. The molecule has 0 saturated carbocycles. The maximum atomic E-state index is 13.5. The third-order valence-electron chi connectivity index (χ3n) is 6.37. The van der Waals surface area contributed by atoms with Crippen LogP contribution in [0, 0.1) is 6.92 Å². The van der Waals surface area contributed by atoms with Crippen molar-refractivity contribution in [3.8, 4) is 0 Å². The van der Waals surface area contributed by atoms with Crippen LogP contribution in [0.5, 0.6) is 0 Å². The molecule has 11 heteroatoms. The second kappa shape index (κ2) is 10.5. The van der Waals surface area contributed by atoms with Gasteiger partial charge in [-0.2, -0.15) is 13.2 Å². The Balaban J connectivity index is 1.59. The number of carbonyl (C=O) groups excluding carboxylic acids is 3. The van der Waals surface area contributed by atoms with Gasteiger partial charge in [0.05, 0.1) is 5.56 Å². The number of aromatic nitrogens is 1. The number of halogens is 3. The Labute approximate surface area is 217 Å². The molecule has 2 aromatic carbocycles. The summed E-state index contributed by atoms with van der Waals surface area (Å²) in [7, 11) is 3.00. The first-order valence-electron chi connectivity index (χ1n) is 11.8. The molecule has 4 amide bonds. The number of carbonyl (C=O) groups is 3. The highest BCUT2D eigenvalue weighted by molar-refractivity contribution is 6.09. The lowest BCUT2D eigenvalue weighted by Gasteiger charge is -2.31. The molecule has 38 heavy (non-hydrogen) atoms. The Morgan fingerprint density at radius 1 is 1.05 bits per heavy atom. The second-order valence-electron chi connectivity index (χ2n) is 8.90. The van der Waals surface area contributed by atoms with Gasteiger partial charge in [0.2, 0.25) is 0 Å². The zero-order valence-corrected chi connectivity index (χ0v) is 21.0. The first-order chi connectivity index (χ1) is 18.0. The number of pyridine rings is 1. The van der Waals surface area contributed by atoms with Gasteiger partial charge in [0.1, 0.15) is 5.69 Å². The van der Waals surface area contributed by atoms with Crippen LogP contribution >= 0.6 is 0 Å². The molecule has 1 aliphatic rings. The van der Waals surface area contributed by atoms with Crippen molar-refractivity contribution in [1.82, 2.24) is 10.3 Å². The van der Waals surface area contributed by atoms with Crippen LogP contribution in [-0.2, 0) is 12.6 Å². The second-order valence-corrected chi connectivity index (χ2v) is 8.90. The van der Waals surface area contributed by atoms with Gasteiger partial charge in [-0.25, -0.2) is 4.79 Å². The molecule has 1 aliphatic heterocycles. The molecule has 0 aliphatic carbocycles. The number of rotatable bonds is 4. The number of aryl methyl sites for hydroxylation is 2. The van der Waals surface area contributed by atoms with Crippen molar-refractivity contribution in [2.45, 2.75) is 25.9 Å². The van der Waals surface area contributed by atoms with Crippen LogP contribution < -0.4 is 20.4 Å². The number of hydrogen-bond acceptors (Lipinski definition) is 4. The molecule has 198 valence electrons. The van der Waals surface area contributed by atoms with E-state index in [-0.39, 0.29) is 23.5 Å². The van der Waals surface area contributed by atoms with Gasteiger partial charge in [-0.15, -0.1) is 0 Å². The summed E-state index contributed by atoms with van der Waals surface area (Å²) in [4.78, 5) is 44.9. The third kappa shape index (κ3) is 5.46. The molecule has 0 spiro atoms. The number of nitrogens with one attached hydrogen (secondary N) is 2. The average molecular weight is 526 g/mol. The number of benzene rings is 2. The maximum absolute atomic E-state index is 13.5. The van der Waals surface area contributed by atoms with Crippen LogP contribution in [0.3, 0.4) is 0 Å². The van der Waals surface area contributed by atoms with Crippen molar-refractivity contribution in [1.29, 1.82) is 0 Å². The van der Waals surface area contributed by atoms with Crippen molar-refractivity contribution < 1.29 is 27.6 Å². The van der Waals surface area contributed by atoms with E-state index in [2.05, 4.69) is 15.6 Å². The average Bonchev–Trinajstić information content (AvgIpc) is 2.91. The topological polar surface area (TPSA) is 94.6 Å². The lowest BCUT2D eigenvalue weighted by atomic mass is 9.98. The van der Waals surface area contributed by atoms with E-state index in [0.717, 1.165) is 12.1 Å². The van der Waals surface area contributed by atoms with Gasteiger partial charge in [-0.05, 0) is 67.3 Å². The highest BCUT2D eigenvalue weighted by atomic mass is 19.4. The van der Waals surface area contributed by atoms with Crippen molar-refractivity contribution in [2.75, 3.05) is 35.8 Å². The summed E-state index contributed by atoms with van der Waals surface area (Å²) in [5.74, 6) is -0.858. The minimum Gasteiger partial charge on any atom is -0.354 e. The number of anilines is 3. The number of urea groups is 1. The molecular formula is C27H26F3N5O3. The van der Waals surface area contributed by atoms with Crippen molar-refractivity contribution in [2.24, 2.45) is 0 Å². The number of nitrogens with zero attached hydrogens (tertiary/aromatic N) is 3. The zero-order valence-electron chi connectivity index (χ0n) is 21.0. The van der Waals surface area contributed by atoms with Crippen molar-refractivity contribution in [3.63, 3.8) is 0 Å². The van der Waals surface area contributed by atoms with Crippen LogP contribution in [0.2, 0.25) is 0 Å². The van der Waals surface area contributed by atoms with Gasteiger partial charge in [0, 0.05) is 49.5 Å². The monoisotopic (exact) mass is 525 g/mol. The van der Waals surface area contributed by atoms with E-state index < -0.39 is 29.6 Å². The smallest absolute Gasteiger partial charge is 0.354 e. The molecule has 4 rings (SSSR count). The fourth-order valence-electron chi connectivity index (χ4n) is 4.30. The molecule has 0 fully saturated rings. The Hall–Kier alpha value is -4.41. The summed E-state index contributed by atoms with van der Waals surface area (Å²) in [5, 5.41) is 5.16. The molecule has 0 bridgehead atoms. The number of hydrogen-bond donors (Lipinski definition) is 2. The first kappa shape index (κ1) is 26.6. The van der Waals surface area contributed by atoms with Gasteiger partial charge in [-0.3, -0.25) is 19.5 Å². The number of fused-ring (bicyclic) bond motifs is 1. The molecule has 0 atom stereocenters. The van der Waals surface area contributed by atoms with E-state index in [1.165, 1.54) is 48.3 Å². The van der Waals surface area contributed by atoms with Crippen LogP contribution in [-0.4, -0.2) is 43.5 Å². The summed E-state index contributed by atoms with van der Waals surface area (Å²) in [5.41, 5.74) is 1.98. The predicted molar refractivity (Wildman–Crippen MR) is 138 cm³/mol. The van der Waals surface area contributed by atoms with Crippen LogP contribution in [0.1, 0.15) is 44.0 Å². The lowest BCUT2D eigenvalue weighted by Crippen LogP contribution is -2.36. The highest BCUT2D eigenvalue weighted by Crippen LogP contribution is 2.36. The molecule has 2 heterocycles. The fraction of sp³-hybridized carbons (Fsp3) is 0.259. The molecule has 0 saturated heterocycles.